The molecule has 5 nitrogen and oxygen atoms in total. The van der Waals surface area contributed by atoms with Crippen LogP contribution < -0.4 is 10.6 Å². The summed E-state index contributed by atoms with van der Waals surface area (Å²) in [4.78, 5) is 27.3. The highest BCUT2D eigenvalue weighted by Crippen LogP contribution is 2.12. The van der Waals surface area contributed by atoms with Gasteiger partial charge in [-0.1, -0.05) is 0 Å². The van der Waals surface area contributed by atoms with Gasteiger partial charge in [-0.05, 0) is 24.1 Å². The van der Waals surface area contributed by atoms with Gasteiger partial charge in [-0.25, -0.2) is 4.98 Å². The molecule has 1 aromatic heterocycles. The SMILES string of the molecule is CC(=O)N(C)c1cc(CCC(N)=O)ccn1. The lowest BCUT2D eigenvalue weighted by Crippen LogP contribution is -2.23. The maximum atomic E-state index is 11.1. The van der Waals surface area contributed by atoms with Gasteiger partial charge in [0.1, 0.15) is 5.82 Å². The third-order valence-electron chi connectivity index (χ3n) is 2.29. The Kier molecular flexibility index (Phi) is 3.99. The summed E-state index contributed by atoms with van der Waals surface area (Å²) >= 11 is 0. The molecule has 0 aliphatic carbocycles. The van der Waals surface area contributed by atoms with Crippen LogP contribution in [0.4, 0.5) is 5.82 Å². The van der Waals surface area contributed by atoms with E-state index in [0.29, 0.717) is 18.7 Å². The van der Waals surface area contributed by atoms with Crippen LogP contribution in [0.2, 0.25) is 0 Å². The highest BCUT2D eigenvalue weighted by molar-refractivity contribution is 5.89. The van der Waals surface area contributed by atoms with Crippen LogP contribution in [0.25, 0.3) is 0 Å². The van der Waals surface area contributed by atoms with Crippen LogP contribution in [0.3, 0.4) is 0 Å². The Balaban J connectivity index is 2.78. The van der Waals surface area contributed by atoms with Gasteiger partial charge in [-0.3, -0.25) is 9.59 Å². The average Bonchev–Trinajstić information content (AvgIpc) is 2.25. The van der Waals surface area contributed by atoms with Gasteiger partial charge < -0.3 is 10.6 Å². The summed E-state index contributed by atoms with van der Waals surface area (Å²) < 4.78 is 0. The van der Waals surface area contributed by atoms with Crippen LogP contribution >= 0.6 is 0 Å². The van der Waals surface area contributed by atoms with Gasteiger partial charge in [0.2, 0.25) is 11.8 Å². The van der Waals surface area contributed by atoms with Crippen molar-refractivity contribution in [3.05, 3.63) is 23.9 Å². The molecule has 0 aromatic carbocycles. The molecule has 86 valence electrons. The molecule has 0 saturated carbocycles. The fraction of sp³-hybridized carbons (Fsp3) is 0.364. The Morgan fingerprint density at radius 1 is 1.50 bits per heavy atom. The van der Waals surface area contributed by atoms with Crippen molar-refractivity contribution in [2.24, 2.45) is 5.73 Å². The van der Waals surface area contributed by atoms with E-state index in [0.717, 1.165) is 5.56 Å². The van der Waals surface area contributed by atoms with Crippen molar-refractivity contribution in [1.82, 2.24) is 4.98 Å². The fourth-order valence-electron chi connectivity index (χ4n) is 1.23. The molecule has 2 N–H and O–H groups in total. The summed E-state index contributed by atoms with van der Waals surface area (Å²) in [5.74, 6) is 0.160. The summed E-state index contributed by atoms with van der Waals surface area (Å²) in [7, 11) is 1.66. The van der Waals surface area contributed by atoms with Crippen molar-refractivity contribution in [2.75, 3.05) is 11.9 Å². The topological polar surface area (TPSA) is 76.3 Å². The molecule has 5 heteroatoms. The molecule has 0 aliphatic rings. The van der Waals surface area contributed by atoms with E-state index in [-0.39, 0.29) is 11.8 Å². The number of pyridine rings is 1. The zero-order valence-electron chi connectivity index (χ0n) is 9.43. The number of amides is 2. The highest BCUT2D eigenvalue weighted by atomic mass is 16.2. The Bertz CT molecular complexity index is 404. The predicted molar refractivity (Wildman–Crippen MR) is 60.8 cm³/mol. The predicted octanol–water partition coefficient (Wildman–Crippen LogP) is 0.482. The molecule has 0 fully saturated rings. The van der Waals surface area contributed by atoms with Crippen LogP contribution in [0.15, 0.2) is 18.3 Å². The second-order valence-electron chi connectivity index (χ2n) is 3.57. The Labute approximate surface area is 94.3 Å². The molecule has 16 heavy (non-hydrogen) atoms. The van der Waals surface area contributed by atoms with Crippen LogP contribution in [0.1, 0.15) is 18.9 Å². The summed E-state index contributed by atoms with van der Waals surface area (Å²) in [6.07, 6.45) is 2.48. The molecular weight excluding hydrogens is 206 g/mol. The maximum absolute atomic E-state index is 11.1. The largest absolute Gasteiger partial charge is 0.370 e. The molecule has 2 amide bonds. The number of anilines is 1. The van der Waals surface area contributed by atoms with Gasteiger partial charge in [0.05, 0.1) is 0 Å². The molecular formula is C11H15N3O2. The molecule has 0 atom stereocenters. The number of rotatable bonds is 4. The summed E-state index contributed by atoms with van der Waals surface area (Å²) in [6, 6.07) is 3.59. The number of carbonyl (C=O) groups is 2. The quantitative estimate of drug-likeness (QED) is 0.803. The molecule has 0 bridgehead atoms. The Morgan fingerprint density at radius 3 is 2.75 bits per heavy atom. The van der Waals surface area contributed by atoms with E-state index in [4.69, 9.17) is 5.73 Å². The van der Waals surface area contributed by atoms with Crippen LogP contribution in [-0.2, 0) is 16.0 Å². The number of aromatic nitrogens is 1. The van der Waals surface area contributed by atoms with Gasteiger partial charge in [0, 0.05) is 26.6 Å². The van der Waals surface area contributed by atoms with E-state index in [9.17, 15) is 9.59 Å². The van der Waals surface area contributed by atoms with Crippen molar-refractivity contribution in [1.29, 1.82) is 0 Å². The van der Waals surface area contributed by atoms with Crippen molar-refractivity contribution in [2.45, 2.75) is 19.8 Å². The van der Waals surface area contributed by atoms with E-state index in [1.54, 1.807) is 25.4 Å². The molecule has 0 saturated heterocycles. The summed E-state index contributed by atoms with van der Waals surface area (Å²) in [6.45, 7) is 1.47. The molecule has 0 radical (unpaired) electrons. The number of hydrogen-bond donors (Lipinski definition) is 1. The van der Waals surface area contributed by atoms with E-state index in [2.05, 4.69) is 4.98 Å². The Morgan fingerprint density at radius 2 is 2.19 bits per heavy atom. The van der Waals surface area contributed by atoms with Crippen molar-refractivity contribution in [3.63, 3.8) is 0 Å². The van der Waals surface area contributed by atoms with E-state index in [1.807, 2.05) is 0 Å². The number of nitrogens with zero attached hydrogens (tertiary/aromatic N) is 2. The minimum atomic E-state index is -0.335. The number of primary amides is 1. The van der Waals surface area contributed by atoms with Gasteiger partial charge in [0.25, 0.3) is 0 Å². The molecule has 0 spiro atoms. The smallest absolute Gasteiger partial charge is 0.224 e. The molecule has 0 aliphatic heterocycles. The fourth-order valence-corrected chi connectivity index (χ4v) is 1.23. The minimum absolute atomic E-state index is 0.0837. The van der Waals surface area contributed by atoms with E-state index in [1.165, 1.54) is 11.8 Å². The monoisotopic (exact) mass is 221 g/mol. The van der Waals surface area contributed by atoms with Gasteiger partial charge in [-0.15, -0.1) is 0 Å². The number of hydrogen-bond acceptors (Lipinski definition) is 3. The highest BCUT2D eigenvalue weighted by Gasteiger charge is 2.07. The van der Waals surface area contributed by atoms with Crippen LogP contribution in [-0.4, -0.2) is 23.8 Å². The number of carbonyl (C=O) groups excluding carboxylic acids is 2. The van der Waals surface area contributed by atoms with E-state index >= 15 is 0 Å². The third kappa shape index (κ3) is 3.34. The molecule has 1 aromatic rings. The van der Waals surface area contributed by atoms with Crippen LogP contribution in [0, 0.1) is 0 Å². The minimum Gasteiger partial charge on any atom is -0.370 e. The van der Waals surface area contributed by atoms with E-state index < -0.39 is 0 Å². The zero-order valence-corrected chi connectivity index (χ0v) is 9.43. The van der Waals surface area contributed by atoms with Crippen molar-refractivity contribution in [3.8, 4) is 0 Å². The van der Waals surface area contributed by atoms with Gasteiger partial charge in [0.15, 0.2) is 0 Å². The van der Waals surface area contributed by atoms with Crippen molar-refractivity contribution >= 4 is 17.6 Å². The maximum Gasteiger partial charge on any atom is 0.224 e. The second-order valence-corrected chi connectivity index (χ2v) is 3.57. The summed E-state index contributed by atoms with van der Waals surface area (Å²) in [5, 5.41) is 0. The first kappa shape index (κ1) is 12.2. The molecule has 0 unspecified atom stereocenters. The number of aryl methyl sites for hydroxylation is 1. The van der Waals surface area contributed by atoms with Gasteiger partial charge >= 0.3 is 0 Å². The first-order chi connectivity index (χ1) is 7.50. The first-order valence-electron chi connectivity index (χ1n) is 4.98. The normalized spacial score (nSPS) is 9.88. The Hall–Kier alpha value is -1.91. The zero-order chi connectivity index (χ0) is 12.1. The second kappa shape index (κ2) is 5.25. The molecule has 1 rings (SSSR count). The first-order valence-corrected chi connectivity index (χ1v) is 4.98. The summed E-state index contributed by atoms with van der Waals surface area (Å²) in [5.41, 5.74) is 6.01. The lowest BCUT2D eigenvalue weighted by atomic mass is 10.1. The number of nitrogens with two attached hydrogens (primary N) is 1. The molecule has 1 heterocycles. The third-order valence-corrected chi connectivity index (χ3v) is 2.29. The average molecular weight is 221 g/mol. The van der Waals surface area contributed by atoms with Crippen LogP contribution in [0.5, 0.6) is 0 Å². The van der Waals surface area contributed by atoms with Crippen molar-refractivity contribution < 1.29 is 9.59 Å². The van der Waals surface area contributed by atoms with Gasteiger partial charge in [-0.2, -0.15) is 0 Å². The lowest BCUT2D eigenvalue weighted by Gasteiger charge is -2.14. The lowest BCUT2D eigenvalue weighted by molar-refractivity contribution is -0.118. The standard InChI is InChI=1S/C11H15N3O2/c1-8(15)14(2)11-7-9(5-6-13-11)3-4-10(12)16/h5-7H,3-4H2,1-2H3,(H2,12,16).